The summed E-state index contributed by atoms with van der Waals surface area (Å²) in [5, 5.41) is 5.46. The number of ether oxygens (including phenoxy) is 1. The van der Waals surface area contributed by atoms with Crippen molar-refractivity contribution in [3.63, 3.8) is 0 Å². The lowest BCUT2D eigenvalue weighted by Gasteiger charge is -2.22. The van der Waals surface area contributed by atoms with Gasteiger partial charge in [-0.05, 0) is 57.2 Å². The highest BCUT2D eigenvalue weighted by Crippen LogP contribution is 2.33. The number of anilines is 1. The third-order valence-corrected chi connectivity index (χ3v) is 5.50. The number of esters is 1. The number of rotatable bonds is 6. The van der Waals surface area contributed by atoms with E-state index in [1.165, 1.54) is 36.3 Å². The lowest BCUT2D eigenvalue weighted by molar-refractivity contribution is -0.136. The van der Waals surface area contributed by atoms with Crippen LogP contribution in [0.3, 0.4) is 0 Å². The Kier molecular flexibility index (Phi) is 8.03. The molecular formula is C24H23Cl2N3O6. The van der Waals surface area contributed by atoms with Crippen LogP contribution in [0.15, 0.2) is 51.6 Å². The molecule has 1 aliphatic heterocycles. The molecule has 2 N–H and O–H groups in total. The molecule has 0 atom stereocenters. The summed E-state index contributed by atoms with van der Waals surface area (Å²) in [5.74, 6) is -2.17. The van der Waals surface area contributed by atoms with Crippen LogP contribution in [0.25, 0.3) is 6.08 Å². The Bertz CT molecular complexity index is 1240. The molecule has 1 aliphatic rings. The summed E-state index contributed by atoms with van der Waals surface area (Å²) < 4.78 is 10.5. The van der Waals surface area contributed by atoms with E-state index in [1.807, 2.05) is 13.8 Å². The largest absolute Gasteiger partial charge is 0.465 e. The van der Waals surface area contributed by atoms with Gasteiger partial charge in [0, 0.05) is 27.5 Å². The van der Waals surface area contributed by atoms with Gasteiger partial charge in [0.05, 0.1) is 24.8 Å². The maximum Gasteiger partial charge on any atom is 0.340 e. The van der Waals surface area contributed by atoms with E-state index in [0.29, 0.717) is 21.5 Å². The fourth-order valence-corrected chi connectivity index (χ4v) is 4.12. The average molecular weight is 520 g/mol. The van der Waals surface area contributed by atoms with Crippen molar-refractivity contribution in [3.8, 4) is 0 Å². The molecule has 0 unspecified atom stereocenters. The van der Waals surface area contributed by atoms with Crippen LogP contribution in [0, 0.1) is 0 Å². The monoisotopic (exact) mass is 519 g/mol. The first-order valence-corrected chi connectivity index (χ1v) is 11.3. The molecule has 1 aromatic carbocycles. The van der Waals surface area contributed by atoms with Crippen LogP contribution in [-0.2, 0) is 30.5 Å². The van der Waals surface area contributed by atoms with Gasteiger partial charge >= 0.3 is 17.8 Å². The minimum Gasteiger partial charge on any atom is -0.465 e. The predicted octanol–water partition coefficient (Wildman–Crippen LogP) is 3.92. The van der Waals surface area contributed by atoms with Gasteiger partial charge in [-0.3, -0.25) is 14.4 Å². The number of carbonyl (C=O) groups is 4. The molecule has 9 nitrogen and oxygen atoms in total. The van der Waals surface area contributed by atoms with Crippen LogP contribution in [0.4, 0.5) is 5.69 Å². The summed E-state index contributed by atoms with van der Waals surface area (Å²) in [4.78, 5) is 51.0. The zero-order chi connectivity index (χ0) is 25.9. The number of hydrogen-bond donors (Lipinski definition) is 2. The second-order valence-electron chi connectivity index (χ2n) is 7.88. The van der Waals surface area contributed by atoms with Crippen molar-refractivity contribution in [1.82, 2.24) is 10.2 Å². The van der Waals surface area contributed by atoms with E-state index in [9.17, 15) is 19.2 Å². The van der Waals surface area contributed by atoms with Crippen LogP contribution in [0.5, 0.6) is 0 Å². The average Bonchev–Trinajstić information content (AvgIpc) is 3.32. The van der Waals surface area contributed by atoms with E-state index >= 15 is 0 Å². The van der Waals surface area contributed by atoms with E-state index in [4.69, 9.17) is 32.4 Å². The standard InChI is InChI=1S/C24H23Cl2N3O6/c1-12(2)29-13(3)20(24(33)34-4)19(23(29)32)10-17-5-6-18(35-17)11-27-21(30)22(31)28-16-8-14(25)7-15(26)9-16/h5-10,12H,11H2,1-4H3,(H,27,30)(H,28,31)/b19-10+. The lowest BCUT2D eigenvalue weighted by Crippen LogP contribution is -2.34. The normalized spacial score (nSPS) is 14.7. The zero-order valence-corrected chi connectivity index (χ0v) is 20.9. The van der Waals surface area contributed by atoms with Crippen molar-refractivity contribution in [2.45, 2.75) is 33.4 Å². The van der Waals surface area contributed by atoms with Crippen LogP contribution >= 0.6 is 23.2 Å². The molecule has 0 spiro atoms. The first-order chi connectivity index (χ1) is 16.5. The van der Waals surface area contributed by atoms with Gasteiger partial charge in [0.1, 0.15) is 11.5 Å². The number of allylic oxidation sites excluding steroid dienone is 1. The van der Waals surface area contributed by atoms with Crippen molar-refractivity contribution >= 4 is 58.7 Å². The third-order valence-electron chi connectivity index (χ3n) is 5.07. The van der Waals surface area contributed by atoms with Gasteiger partial charge in [0.15, 0.2) is 0 Å². The second kappa shape index (κ2) is 10.8. The summed E-state index contributed by atoms with van der Waals surface area (Å²) >= 11 is 11.8. The minimum absolute atomic E-state index is 0.0868. The summed E-state index contributed by atoms with van der Waals surface area (Å²) in [6.07, 6.45) is 1.45. The third kappa shape index (κ3) is 5.93. The van der Waals surface area contributed by atoms with Crippen LogP contribution in [-0.4, -0.2) is 41.7 Å². The van der Waals surface area contributed by atoms with Crippen molar-refractivity contribution in [2.24, 2.45) is 0 Å². The maximum atomic E-state index is 12.9. The molecule has 0 saturated carbocycles. The highest BCUT2D eigenvalue weighted by atomic mass is 35.5. The SMILES string of the molecule is COC(=O)C1=C(C)N(C(C)C)C(=O)/C1=C/c1ccc(CNC(=O)C(=O)Nc2cc(Cl)cc(Cl)c2)o1. The number of benzene rings is 1. The number of nitrogens with zero attached hydrogens (tertiary/aromatic N) is 1. The summed E-state index contributed by atoms with van der Waals surface area (Å²) in [6, 6.07) is 7.40. The van der Waals surface area contributed by atoms with E-state index in [0.717, 1.165) is 0 Å². The van der Waals surface area contributed by atoms with Crippen LogP contribution in [0.1, 0.15) is 32.3 Å². The molecule has 3 rings (SSSR count). The molecule has 0 saturated heterocycles. The highest BCUT2D eigenvalue weighted by molar-refractivity contribution is 6.40. The van der Waals surface area contributed by atoms with Gasteiger partial charge in [0.2, 0.25) is 0 Å². The molecule has 1 aromatic heterocycles. The lowest BCUT2D eigenvalue weighted by atomic mass is 10.1. The Hall–Kier alpha value is -3.56. The smallest absolute Gasteiger partial charge is 0.340 e. The number of carbonyl (C=O) groups excluding carboxylic acids is 4. The summed E-state index contributed by atoms with van der Waals surface area (Å²) in [5.41, 5.74) is 1.08. The molecule has 2 heterocycles. The van der Waals surface area contributed by atoms with E-state index in [1.54, 1.807) is 19.1 Å². The molecule has 3 amide bonds. The number of halogens is 2. The van der Waals surface area contributed by atoms with Gasteiger partial charge in [-0.2, -0.15) is 0 Å². The van der Waals surface area contributed by atoms with E-state index < -0.39 is 17.8 Å². The Labute approximate surface area is 211 Å². The quantitative estimate of drug-likeness (QED) is 0.339. The molecule has 0 bridgehead atoms. The molecular weight excluding hydrogens is 497 g/mol. The Morgan fingerprint density at radius 1 is 1.11 bits per heavy atom. The molecule has 11 heteroatoms. The van der Waals surface area contributed by atoms with Gasteiger partial charge in [-0.1, -0.05) is 23.2 Å². The molecule has 2 aromatic rings. The molecule has 0 fully saturated rings. The minimum atomic E-state index is -0.911. The summed E-state index contributed by atoms with van der Waals surface area (Å²) in [6.45, 7) is 5.26. The predicted molar refractivity (Wildman–Crippen MR) is 130 cm³/mol. The van der Waals surface area contributed by atoms with Crippen molar-refractivity contribution < 1.29 is 28.3 Å². The Balaban J connectivity index is 1.70. The van der Waals surface area contributed by atoms with Crippen molar-refractivity contribution in [3.05, 3.63) is 68.7 Å². The number of hydrogen-bond acceptors (Lipinski definition) is 6. The number of methoxy groups -OCH3 is 1. The Morgan fingerprint density at radius 3 is 2.37 bits per heavy atom. The second-order valence-corrected chi connectivity index (χ2v) is 8.75. The number of furan rings is 1. The van der Waals surface area contributed by atoms with Gasteiger partial charge in [-0.15, -0.1) is 0 Å². The van der Waals surface area contributed by atoms with Gasteiger partial charge in [0.25, 0.3) is 5.91 Å². The Morgan fingerprint density at radius 2 is 1.77 bits per heavy atom. The van der Waals surface area contributed by atoms with Crippen molar-refractivity contribution in [1.29, 1.82) is 0 Å². The summed E-state index contributed by atoms with van der Waals surface area (Å²) in [7, 11) is 1.24. The fraction of sp³-hybridized carbons (Fsp3) is 0.250. The van der Waals surface area contributed by atoms with Gasteiger partial charge < -0.3 is 24.7 Å². The van der Waals surface area contributed by atoms with E-state index in [-0.39, 0.29) is 41.1 Å². The number of amides is 3. The molecule has 0 aliphatic carbocycles. The van der Waals surface area contributed by atoms with Crippen LogP contribution < -0.4 is 10.6 Å². The molecule has 184 valence electrons. The molecule has 0 radical (unpaired) electrons. The first-order valence-electron chi connectivity index (χ1n) is 10.5. The molecule has 35 heavy (non-hydrogen) atoms. The van der Waals surface area contributed by atoms with Crippen molar-refractivity contribution in [2.75, 3.05) is 12.4 Å². The highest BCUT2D eigenvalue weighted by Gasteiger charge is 2.38. The maximum absolute atomic E-state index is 12.9. The number of nitrogens with one attached hydrogen (secondary N) is 2. The fourth-order valence-electron chi connectivity index (χ4n) is 3.59. The van der Waals surface area contributed by atoms with Crippen LogP contribution in [0.2, 0.25) is 10.0 Å². The van der Waals surface area contributed by atoms with E-state index in [2.05, 4.69) is 10.6 Å². The zero-order valence-electron chi connectivity index (χ0n) is 19.4. The topological polar surface area (TPSA) is 118 Å². The first kappa shape index (κ1) is 26.1. The van der Waals surface area contributed by atoms with Gasteiger partial charge in [-0.25, -0.2) is 4.79 Å².